The zero-order chi connectivity index (χ0) is 11.5. The first kappa shape index (κ1) is 12.0. The van der Waals surface area contributed by atoms with Crippen LogP contribution in [0.5, 0.6) is 0 Å². The van der Waals surface area contributed by atoms with Gasteiger partial charge in [-0.3, -0.25) is 4.68 Å². The van der Waals surface area contributed by atoms with Gasteiger partial charge in [-0.15, -0.1) is 0 Å². The SMILES string of the molecule is CC(C)c1cc(Cl)n(C2CCCCCC2)n1. The average Bonchev–Trinajstić information content (AvgIpc) is 2.50. The summed E-state index contributed by atoms with van der Waals surface area (Å²) in [5.41, 5.74) is 1.12. The van der Waals surface area contributed by atoms with E-state index in [0.717, 1.165) is 10.8 Å². The Morgan fingerprint density at radius 2 is 1.88 bits per heavy atom. The molecule has 1 fully saturated rings. The highest BCUT2D eigenvalue weighted by Gasteiger charge is 2.18. The number of halogens is 1. The molecule has 1 aromatic rings. The molecule has 1 aromatic heterocycles. The van der Waals surface area contributed by atoms with Crippen molar-refractivity contribution in [1.29, 1.82) is 0 Å². The molecule has 16 heavy (non-hydrogen) atoms. The number of nitrogens with zero attached hydrogens (tertiary/aromatic N) is 2. The Hall–Kier alpha value is -0.500. The maximum absolute atomic E-state index is 6.28. The van der Waals surface area contributed by atoms with E-state index in [2.05, 4.69) is 23.6 Å². The fourth-order valence-electron chi connectivity index (χ4n) is 2.43. The molecule has 2 rings (SSSR count). The van der Waals surface area contributed by atoms with Gasteiger partial charge in [-0.2, -0.15) is 5.10 Å². The summed E-state index contributed by atoms with van der Waals surface area (Å²) < 4.78 is 2.06. The molecule has 2 nitrogen and oxygen atoms in total. The van der Waals surface area contributed by atoms with Gasteiger partial charge in [0.1, 0.15) is 5.15 Å². The summed E-state index contributed by atoms with van der Waals surface area (Å²) in [6.07, 6.45) is 7.84. The van der Waals surface area contributed by atoms with Crippen LogP contribution in [0.2, 0.25) is 5.15 Å². The minimum Gasteiger partial charge on any atom is -0.251 e. The van der Waals surface area contributed by atoms with E-state index in [9.17, 15) is 0 Å². The highest BCUT2D eigenvalue weighted by molar-refractivity contribution is 6.29. The Bertz CT molecular complexity index is 336. The Morgan fingerprint density at radius 3 is 2.38 bits per heavy atom. The van der Waals surface area contributed by atoms with Gasteiger partial charge in [0, 0.05) is 0 Å². The van der Waals surface area contributed by atoms with E-state index in [1.54, 1.807) is 0 Å². The summed E-state index contributed by atoms with van der Waals surface area (Å²) >= 11 is 6.28. The van der Waals surface area contributed by atoms with Gasteiger partial charge in [0.05, 0.1) is 11.7 Å². The summed E-state index contributed by atoms with van der Waals surface area (Å²) in [5.74, 6) is 0.463. The quantitative estimate of drug-likeness (QED) is 0.694. The van der Waals surface area contributed by atoms with Crippen molar-refractivity contribution in [2.75, 3.05) is 0 Å². The van der Waals surface area contributed by atoms with Crippen LogP contribution in [0.25, 0.3) is 0 Å². The maximum atomic E-state index is 6.28. The lowest BCUT2D eigenvalue weighted by molar-refractivity contribution is 0.402. The van der Waals surface area contributed by atoms with Crippen molar-refractivity contribution in [3.8, 4) is 0 Å². The molecule has 0 amide bonds. The molecule has 0 unspecified atom stereocenters. The largest absolute Gasteiger partial charge is 0.251 e. The number of hydrogen-bond acceptors (Lipinski definition) is 1. The fraction of sp³-hybridized carbons (Fsp3) is 0.769. The van der Waals surface area contributed by atoms with Gasteiger partial charge in [0.2, 0.25) is 0 Å². The zero-order valence-corrected chi connectivity index (χ0v) is 11.0. The lowest BCUT2D eigenvalue weighted by atomic mass is 10.1. The molecule has 0 spiro atoms. The van der Waals surface area contributed by atoms with Crippen molar-refractivity contribution in [3.63, 3.8) is 0 Å². The third kappa shape index (κ3) is 2.60. The van der Waals surface area contributed by atoms with Gasteiger partial charge < -0.3 is 0 Å². The molecule has 0 bridgehead atoms. The van der Waals surface area contributed by atoms with Crippen LogP contribution in [0.4, 0.5) is 0 Å². The van der Waals surface area contributed by atoms with E-state index in [1.807, 2.05) is 6.07 Å². The van der Waals surface area contributed by atoms with E-state index in [4.69, 9.17) is 11.6 Å². The molecule has 1 heterocycles. The minimum absolute atomic E-state index is 0.463. The van der Waals surface area contributed by atoms with Gasteiger partial charge in [0.15, 0.2) is 0 Å². The van der Waals surface area contributed by atoms with Crippen LogP contribution in [0.3, 0.4) is 0 Å². The summed E-state index contributed by atoms with van der Waals surface area (Å²) in [5, 5.41) is 5.47. The first-order valence-electron chi connectivity index (χ1n) is 6.43. The van der Waals surface area contributed by atoms with Gasteiger partial charge in [0.25, 0.3) is 0 Å². The van der Waals surface area contributed by atoms with E-state index in [0.29, 0.717) is 12.0 Å². The van der Waals surface area contributed by atoms with Crippen LogP contribution in [0, 0.1) is 0 Å². The second-order valence-corrected chi connectivity index (χ2v) is 5.52. The van der Waals surface area contributed by atoms with Crippen LogP contribution < -0.4 is 0 Å². The lowest BCUT2D eigenvalue weighted by Gasteiger charge is -2.15. The van der Waals surface area contributed by atoms with Crippen molar-refractivity contribution in [1.82, 2.24) is 9.78 Å². The molecule has 90 valence electrons. The van der Waals surface area contributed by atoms with Gasteiger partial charge in [-0.25, -0.2) is 0 Å². The van der Waals surface area contributed by atoms with Crippen LogP contribution in [0.1, 0.15) is 70.0 Å². The molecule has 0 saturated heterocycles. The number of hydrogen-bond donors (Lipinski definition) is 0. The fourth-order valence-corrected chi connectivity index (χ4v) is 2.72. The van der Waals surface area contributed by atoms with Crippen molar-refractivity contribution >= 4 is 11.6 Å². The molecule has 1 aliphatic rings. The summed E-state index contributed by atoms with van der Waals surface area (Å²) in [7, 11) is 0. The summed E-state index contributed by atoms with van der Waals surface area (Å²) in [4.78, 5) is 0. The van der Waals surface area contributed by atoms with E-state index in [1.165, 1.54) is 38.5 Å². The highest BCUT2D eigenvalue weighted by Crippen LogP contribution is 2.30. The number of rotatable bonds is 2. The van der Waals surface area contributed by atoms with Crippen LogP contribution in [-0.4, -0.2) is 9.78 Å². The molecule has 1 saturated carbocycles. The molecule has 0 aromatic carbocycles. The van der Waals surface area contributed by atoms with Crippen molar-refractivity contribution in [3.05, 3.63) is 16.9 Å². The predicted molar refractivity (Wildman–Crippen MR) is 68.1 cm³/mol. The Morgan fingerprint density at radius 1 is 1.25 bits per heavy atom. The molecular weight excluding hydrogens is 220 g/mol. The van der Waals surface area contributed by atoms with E-state index >= 15 is 0 Å². The van der Waals surface area contributed by atoms with Crippen molar-refractivity contribution in [2.45, 2.75) is 64.3 Å². The summed E-state index contributed by atoms with van der Waals surface area (Å²) in [6, 6.07) is 2.56. The third-order valence-corrected chi connectivity index (χ3v) is 3.75. The molecule has 0 atom stereocenters. The molecule has 3 heteroatoms. The second kappa shape index (κ2) is 5.22. The first-order chi connectivity index (χ1) is 7.68. The molecular formula is C13H21ClN2. The topological polar surface area (TPSA) is 17.8 Å². The monoisotopic (exact) mass is 240 g/mol. The molecule has 0 N–H and O–H groups in total. The third-order valence-electron chi connectivity index (χ3n) is 3.47. The number of aromatic nitrogens is 2. The first-order valence-corrected chi connectivity index (χ1v) is 6.81. The Labute approximate surface area is 103 Å². The standard InChI is InChI=1S/C13H21ClN2/c1-10(2)12-9-13(14)16(15-12)11-7-5-3-4-6-8-11/h9-11H,3-8H2,1-2H3. The normalized spacial score (nSPS) is 19.0. The van der Waals surface area contributed by atoms with Crippen LogP contribution in [0.15, 0.2) is 6.07 Å². The Kier molecular flexibility index (Phi) is 3.91. The summed E-state index contributed by atoms with van der Waals surface area (Å²) in [6.45, 7) is 4.33. The maximum Gasteiger partial charge on any atom is 0.127 e. The van der Waals surface area contributed by atoms with Gasteiger partial charge >= 0.3 is 0 Å². The zero-order valence-electron chi connectivity index (χ0n) is 10.2. The molecule has 1 aliphatic carbocycles. The molecule has 0 radical (unpaired) electrons. The lowest BCUT2D eigenvalue weighted by Crippen LogP contribution is -2.10. The van der Waals surface area contributed by atoms with E-state index in [-0.39, 0.29) is 0 Å². The molecule has 0 aliphatic heterocycles. The van der Waals surface area contributed by atoms with Crippen molar-refractivity contribution < 1.29 is 0 Å². The second-order valence-electron chi connectivity index (χ2n) is 5.14. The van der Waals surface area contributed by atoms with Crippen molar-refractivity contribution in [2.24, 2.45) is 0 Å². The Balaban J connectivity index is 2.17. The van der Waals surface area contributed by atoms with E-state index < -0.39 is 0 Å². The van der Waals surface area contributed by atoms with Crippen LogP contribution in [-0.2, 0) is 0 Å². The minimum atomic E-state index is 0.463. The van der Waals surface area contributed by atoms with Gasteiger partial charge in [-0.05, 0) is 24.8 Å². The van der Waals surface area contributed by atoms with Gasteiger partial charge in [-0.1, -0.05) is 51.1 Å². The smallest absolute Gasteiger partial charge is 0.127 e. The van der Waals surface area contributed by atoms with Crippen LogP contribution >= 0.6 is 11.6 Å². The average molecular weight is 241 g/mol. The highest BCUT2D eigenvalue weighted by atomic mass is 35.5. The predicted octanol–water partition coefficient (Wildman–Crippen LogP) is 4.56.